The summed E-state index contributed by atoms with van der Waals surface area (Å²) in [6, 6.07) is 0. The van der Waals surface area contributed by atoms with Gasteiger partial charge in [-0.3, -0.25) is 10.4 Å². The fourth-order valence-corrected chi connectivity index (χ4v) is 1.17. The molecule has 0 saturated heterocycles. The summed E-state index contributed by atoms with van der Waals surface area (Å²) in [6.45, 7) is 5.09. The number of amides is 1. The standard InChI is InChI=1S/C9H12ClN3O4/c1-9(2,3)17-8(16)11-6-4(10)5(7(14)15)12-13-6/h1-3H3,(H,14,15)(H2,11,12,13,16). The van der Waals surface area contributed by atoms with Crippen LogP contribution in [0.15, 0.2) is 0 Å². The molecule has 94 valence electrons. The van der Waals surface area contributed by atoms with Crippen molar-refractivity contribution in [2.24, 2.45) is 0 Å². The van der Waals surface area contributed by atoms with Crippen molar-refractivity contribution in [2.45, 2.75) is 26.4 Å². The molecule has 0 radical (unpaired) electrons. The number of carboxylic acids is 1. The number of aromatic carboxylic acids is 1. The summed E-state index contributed by atoms with van der Waals surface area (Å²) < 4.78 is 4.96. The zero-order valence-electron chi connectivity index (χ0n) is 9.50. The lowest BCUT2D eigenvalue weighted by Gasteiger charge is -2.19. The van der Waals surface area contributed by atoms with E-state index < -0.39 is 17.7 Å². The second-order valence-electron chi connectivity index (χ2n) is 4.19. The first-order valence-corrected chi connectivity index (χ1v) is 5.05. The van der Waals surface area contributed by atoms with Gasteiger partial charge in [-0.15, -0.1) is 0 Å². The molecular weight excluding hydrogens is 250 g/mol. The number of H-pyrrole nitrogens is 1. The maximum absolute atomic E-state index is 11.4. The van der Waals surface area contributed by atoms with E-state index >= 15 is 0 Å². The van der Waals surface area contributed by atoms with Gasteiger partial charge in [0, 0.05) is 0 Å². The molecule has 0 unspecified atom stereocenters. The van der Waals surface area contributed by atoms with Crippen LogP contribution in [0.25, 0.3) is 0 Å². The summed E-state index contributed by atoms with van der Waals surface area (Å²) in [6.07, 6.45) is -0.761. The molecule has 0 atom stereocenters. The van der Waals surface area contributed by atoms with Crippen molar-refractivity contribution in [1.82, 2.24) is 10.2 Å². The maximum Gasteiger partial charge on any atom is 0.413 e. The average Bonchev–Trinajstić information content (AvgIpc) is 2.44. The fraction of sp³-hybridized carbons (Fsp3) is 0.444. The minimum absolute atomic E-state index is 0.0849. The minimum atomic E-state index is -1.26. The van der Waals surface area contributed by atoms with Gasteiger partial charge in [0.1, 0.15) is 10.6 Å². The Balaban J connectivity index is 2.76. The quantitative estimate of drug-likeness (QED) is 0.756. The molecule has 8 heteroatoms. The molecule has 0 aliphatic rings. The molecule has 1 heterocycles. The van der Waals surface area contributed by atoms with E-state index in [0.29, 0.717) is 0 Å². The van der Waals surface area contributed by atoms with Gasteiger partial charge in [0.2, 0.25) is 0 Å². The lowest BCUT2D eigenvalue weighted by Crippen LogP contribution is -2.27. The molecule has 1 aromatic heterocycles. The second-order valence-corrected chi connectivity index (χ2v) is 4.57. The number of anilines is 1. The number of halogens is 1. The number of hydrogen-bond acceptors (Lipinski definition) is 4. The largest absolute Gasteiger partial charge is 0.476 e. The van der Waals surface area contributed by atoms with Gasteiger partial charge >= 0.3 is 12.1 Å². The van der Waals surface area contributed by atoms with Crippen LogP contribution in [0, 0.1) is 0 Å². The van der Waals surface area contributed by atoms with Crippen molar-refractivity contribution >= 4 is 29.5 Å². The van der Waals surface area contributed by atoms with Crippen LogP contribution in [0.1, 0.15) is 31.3 Å². The highest BCUT2D eigenvalue weighted by Crippen LogP contribution is 2.23. The SMILES string of the molecule is CC(C)(C)OC(=O)Nc1n[nH]c(C(=O)O)c1Cl. The van der Waals surface area contributed by atoms with E-state index in [9.17, 15) is 9.59 Å². The number of aromatic amines is 1. The third-order valence-corrected chi connectivity index (χ3v) is 1.91. The highest BCUT2D eigenvalue weighted by molar-refractivity contribution is 6.36. The topological polar surface area (TPSA) is 104 Å². The molecule has 0 bridgehead atoms. The minimum Gasteiger partial charge on any atom is -0.476 e. The number of rotatable bonds is 2. The smallest absolute Gasteiger partial charge is 0.413 e. The van der Waals surface area contributed by atoms with Crippen LogP contribution >= 0.6 is 11.6 Å². The molecule has 7 nitrogen and oxygen atoms in total. The number of ether oxygens (including phenoxy) is 1. The van der Waals surface area contributed by atoms with Gasteiger partial charge in [-0.05, 0) is 20.8 Å². The Morgan fingerprint density at radius 2 is 2.06 bits per heavy atom. The Labute approximate surface area is 102 Å². The Bertz CT molecular complexity index is 450. The number of carbonyl (C=O) groups excluding carboxylic acids is 1. The van der Waals surface area contributed by atoms with E-state index in [0.717, 1.165) is 0 Å². The summed E-state index contributed by atoms with van der Waals surface area (Å²) in [4.78, 5) is 22.0. The molecule has 17 heavy (non-hydrogen) atoms. The second kappa shape index (κ2) is 4.62. The highest BCUT2D eigenvalue weighted by atomic mass is 35.5. The van der Waals surface area contributed by atoms with Gasteiger partial charge in [-0.2, -0.15) is 5.10 Å². The number of carboxylic acid groups (broad SMARTS) is 1. The number of aromatic nitrogens is 2. The average molecular weight is 262 g/mol. The highest BCUT2D eigenvalue weighted by Gasteiger charge is 2.21. The first-order valence-electron chi connectivity index (χ1n) is 4.68. The molecule has 0 fully saturated rings. The molecule has 1 aromatic rings. The zero-order chi connectivity index (χ0) is 13.2. The molecule has 1 rings (SSSR count). The van der Waals surface area contributed by atoms with Crippen LogP contribution < -0.4 is 5.32 Å². The van der Waals surface area contributed by atoms with E-state index in [-0.39, 0.29) is 16.5 Å². The van der Waals surface area contributed by atoms with E-state index in [2.05, 4.69) is 15.5 Å². The van der Waals surface area contributed by atoms with Crippen LogP contribution in [0.2, 0.25) is 5.02 Å². The third-order valence-electron chi connectivity index (χ3n) is 1.54. The van der Waals surface area contributed by atoms with E-state index in [1.54, 1.807) is 20.8 Å². The molecule has 0 saturated carbocycles. The molecule has 0 aliphatic carbocycles. The maximum atomic E-state index is 11.4. The van der Waals surface area contributed by atoms with Crippen LogP contribution in [0.3, 0.4) is 0 Å². The van der Waals surface area contributed by atoms with E-state index in [1.807, 2.05) is 0 Å². The molecule has 1 amide bonds. The zero-order valence-corrected chi connectivity index (χ0v) is 10.3. The van der Waals surface area contributed by atoms with Crippen LogP contribution in [-0.2, 0) is 4.74 Å². The van der Waals surface area contributed by atoms with Gasteiger partial charge in [0.15, 0.2) is 11.5 Å². The normalized spacial score (nSPS) is 11.1. The molecule has 0 aromatic carbocycles. The summed E-state index contributed by atoms with van der Waals surface area (Å²) in [5.41, 5.74) is -0.958. The van der Waals surface area contributed by atoms with Gasteiger partial charge in [0.05, 0.1) is 0 Å². The molecule has 0 spiro atoms. The Morgan fingerprint density at radius 1 is 1.47 bits per heavy atom. The lowest BCUT2D eigenvalue weighted by molar-refractivity contribution is 0.0633. The predicted molar refractivity (Wildman–Crippen MR) is 60.4 cm³/mol. The van der Waals surface area contributed by atoms with Gasteiger partial charge < -0.3 is 9.84 Å². The Morgan fingerprint density at radius 3 is 2.47 bits per heavy atom. The van der Waals surface area contributed by atoms with Crippen LogP contribution in [0.4, 0.5) is 10.6 Å². The van der Waals surface area contributed by atoms with Gasteiger partial charge in [-0.1, -0.05) is 11.6 Å². The van der Waals surface area contributed by atoms with Crippen molar-refractivity contribution < 1.29 is 19.4 Å². The third kappa shape index (κ3) is 3.63. The Hall–Kier alpha value is -1.76. The number of carbonyl (C=O) groups is 2. The summed E-state index contributed by atoms with van der Waals surface area (Å²) >= 11 is 5.69. The summed E-state index contributed by atoms with van der Waals surface area (Å²) in [7, 11) is 0. The number of nitrogens with one attached hydrogen (secondary N) is 2. The first kappa shape index (κ1) is 13.3. The molecular formula is C9H12ClN3O4. The molecule has 3 N–H and O–H groups in total. The van der Waals surface area contributed by atoms with Crippen molar-refractivity contribution in [1.29, 1.82) is 0 Å². The first-order chi connectivity index (χ1) is 7.70. The summed E-state index contributed by atoms with van der Waals surface area (Å²) in [5, 5.41) is 16.5. The van der Waals surface area contributed by atoms with Crippen LogP contribution in [0.5, 0.6) is 0 Å². The number of hydrogen-bond donors (Lipinski definition) is 3. The fourth-order valence-electron chi connectivity index (χ4n) is 0.953. The lowest BCUT2D eigenvalue weighted by atomic mass is 10.2. The van der Waals surface area contributed by atoms with Gasteiger partial charge in [0.25, 0.3) is 0 Å². The van der Waals surface area contributed by atoms with Crippen molar-refractivity contribution in [3.05, 3.63) is 10.7 Å². The van der Waals surface area contributed by atoms with Crippen molar-refractivity contribution in [3.8, 4) is 0 Å². The number of nitrogens with zero attached hydrogens (tertiary/aromatic N) is 1. The van der Waals surface area contributed by atoms with Gasteiger partial charge in [-0.25, -0.2) is 9.59 Å². The van der Waals surface area contributed by atoms with E-state index in [1.165, 1.54) is 0 Å². The molecule has 0 aliphatic heterocycles. The van der Waals surface area contributed by atoms with Crippen LogP contribution in [-0.4, -0.2) is 33.0 Å². The Kier molecular flexibility index (Phi) is 3.62. The monoisotopic (exact) mass is 261 g/mol. The van der Waals surface area contributed by atoms with Crippen molar-refractivity contribution in [2.75, 3.05) is 5.32 Å². The summed E-state index contributed by atoms with van der Waals surface area (Å²) in [5.74, 6) is -1.35. The van der Waals surface area contributed by atoms with Crippen molar-refractivity contribution in [3.63, 3.8) is 0 Å². The predicted octanol–water partition coefficient (Wildman–Crippen LogP) is 2.11. The van der Waals surface area contributed by atoms with E-state index in [4.69, 9.17) is 21.4 Å².